The van der Waals surface area contributed by atoms with E-state index >= 15 is 0 Å². The summed E-state index contributed by atoms with van der Waals surface area (Å²) in [5.41, 5.74) is 2.10. The fourth-order valence-corrected chi connectivity index (χ4v) is 2.40. The van der Waals surface area contributed by atoms with Gasteiger partial charge in [0.25, 0.3) is 0 Å². The van der Waals surface area contributed by atoms with Crippen LogP contribution in [0.25, 0.3) is 0 Å². The maximum atomic E-state index is 4.67. The van der Waals surface area contributed by atoms with Crippen LogP contribution in [0.15, 0.2) is 71.2 Å². The zero-order valence-corrected chi connectivity index (χ0v) is 13.5. The third-order valence-corrected chi connectivity index (χ3v) is 3.66. The van der Waals surface area contributed by atoms with Crippen molar-refractivity contribution in [2.24, 2.45) is 9.98 Å². The molecule has 1 unspecified atom stereocenters. The number of hydrogen-bond donors (Lipinski definition) is 1. The Morgan fingerprint density at radius 1 is 0.840 bits per heavy atom. The minimum absolute atomic E-state index is 0.450. The second-order valence-corrected chi connectivity index (χ2v) is 5.51. The van der Waals surface area contributed by atoms with Gasteiger partial charge in [0.05, 0.1) is 0 Å². The van der Waals surface area contributed by atoms with Crippen LogP contribution in [-0.4, -0.2) is 31.6 Å². The van der Waals surface area contributed by atoms with Crippen molar-refractivity contribution >= 4 is 11.7 Å². The van der Waals surface area contributed by atoms with E-state index in [-0.39, 0.29) is 0 Å². The van der Waals surface area contributed by atoms with Crippen molar-refractivity contribution in [2.75, 3.05) is 0 Å². The number of amidine groups is 2. The predicted molar refractivity (Wildman–Crippen MR) is 94.2 cm³/mol. The number of aryl methyl sites for hydroxylation is 1. The van der Waals surface area contributed by atoms with Crippen molar-refractivity contribution in [2.45, 2.75) is 13.1 Å². The van der Waals surface area contributed by atoms with E-state index in [1.54, 1.807) is 36.9 Å². The van der Waals surface area contributed by atoms with Gasteiger partial charge in [-0.1, -0.05) is 29.8 Å². The van der Waals surface area contributed by atoms with Gasteiger partial charge in [0.2, 0.25) is 0 Å². The molecule has 1 aromatic carbocycles. The molecule has 0 bridgehead atoms. The Labute approximate surface area is 144 Å². The normalized spacial score (nSPS) is 16.6. The van der Waals surface area contributed by atoms with Gasteiger partial charge in [-0.25, -0.2) is 29.9 Å². The molecular formula is C18H15N7. The fourth-order valence-electron chi connectivity index (χ4n) is 2.40. The highest BCUT2D eigenvalue weighted by atomic mass is 15.2. The molecule has 1 aliphatic rings. The second-order valence-electron chi connectivity index (χ2n) is 5.51. The molecule has 7 nitrogen and oxygen atoms in total. The second kappa shape index (κ2) is 6.56. The van der Waals surface area contributed by atoms with Crippen molar-refractivity contribution in [3.05, 3.63) is 84.0 Å². The van der Waals surface area contributed by atoms with Crippen LogP contribution in [-0.2, 0) is 0 Å². The standard InChI is InChI=1S/C18H15N7/c1-12-4-6-13(7-5-12)14-23-17(15-19-8-2-9-20-15)25-18(24-14)16-21-10-3-11-22-16/h2-11,17H,1H3,(H,23,24,25). The lowest BCUT2D eigenvalue weighted by Crippen LogP contribution is -2.35. The van der Waals surface area contributed by atoms with Crippen LogP contribution in [0.2, 0.25) is 0 Å². The maximum Gasteiger partial charge on any atom is 0.195 e. The van der Waals surface area contributed by atoms with Crippen molar-refractivity contribution in [1.29, 1.82) is 0 Å². The smallest absolute Gasteiger partial charge is 0.195 e. The molecule has 0 spiro atoms. The summed E-state index contributed by atoms with van der Waals surface area (Å²) in [4.78, 5) is 26.4. The summed E-state index contributed by atoms with van der Waals surface area (Å²) in [6, 6.07) is 11.6. The van der Waals surface area contributed by atoms with E-state index in [0.29, 0.717) is 23.3 Å². The van der Waals surface area contributed by atoms with Crippen LogP contribution in [0, 0.1) is 6.92 Å². The molecule has 3 heterocycles. The van der Waals surface area contributed by atoms with E-state index in [1.807, 2.05) is 31.2 Å². The number of rotatable bonds is 3. The molecular weight excluding hydrogens is 314 g/mol. The van der Waals surface area contributed by atoms with Gasteiger partial charge in [-0.15, -0.1) is 0 Å². The van der Waals surface area contributed by atoms with Crippen molar-refractivity contribution in [1.82, 2.24) is 25.3 Å². The van der Waals surface area contributed by atoms with Gasteiger partial charge >= 0.3 is 0 Å². The third kappa shape index (κ3) is 3.25. The first kappa shape index (κ1) is 15.1. The molecule has 0 amide bonds. The van der Waals surface area contributed by atoms with E-state index in [1.165, 1.54) is 5.56 Å². The van der Waals surface area contributed by atoms with E-state index in [0.717, 1.165) is 5.56 Å². The van der Waals surface area contributed by atoms with Crippen molar-refractivity contribution in [3.8, 4) is 0 Å². The zero-order valence-electron chi connectivity index (χ0n) is 13.5. The maximum absolute atomic E-state index is 4.67. The molecule has 25 heavy (non-hydrogen) atoms. The van der Waals surface area contributed by atoms with Crippen molar-refractivity contribution < 1.29 is 0 Å². The minimum Gasteiger partial charge on any atom is -0.339 e. The van der Waals surface area contributed by atoms with Gasteiger partial charge in [-0.2, -0.15) is 0 Å². The average Bonchev–Trinajstić information content (AvgIpc) is 2.69. The number of nitrogens with zero attached hydrogens (tertiary/aromatic N) is 6. The Morgan fingerprint density at radius 2 is 1.48 bits per heavy atom. The summed E-state index contributed by atoms with van der Waals surface area (Å²) in [5.74, 6) is 2.21. The Bertz CT molecular complexity index is 919. The Morgan fingerprint density at radius 3 is 2.16 bits per heavy atom. The first-order valence-electron chi connectivity index (χ1n) is 7.84. The summed E-state index contributed by atoms with van der Waals surface area (Å²) in [5, 5.41) is 3.21. The van der Waals surface area contributed by atoms with Crippen LogP contribution in [0.3, 0.4) is 0 Å². The third-order valence-electron chi connectivity index (χ3n) is 3.66. The quantitative estimate of drug-likeness (QED) is 0.794. The lowest BCUT2D eigenvalue weighted by Gasteiger charge is -2.21. The molecule has 0 fully saturated rings. The number of aromatic nitrogens is 4. The van der Waals surface area contributed by atoms with Gasteiger partial charge in [0.1, 0.15) is 0 Å². The molecule has 2 aromatic heterocycles. The molecule has 1 aliphatic heterocycles. The Kier molecular flexibility index (Phi) is 3.96. The zero-order chi connectivity index (χ0) is 17.1. The number of aliphatic imine (C=N–C) groups is 2. The van der Waals surface area contributed by atoms with E-state index in [4.69, 9.17) is 0 Å². The largest absolute Gasteiger partial charge is 0.339 e. The van der Waals surface area contributed by atoms with E-state index in [9.17, 15) is 0 Å². The summed E-state index contributed by atoms with van der Waals surface area (Å²) >= 11 is 0. The van der Waals surface area contributed by atoms with Gasteiger partial charge in [0.15, 0.2) is 29.5 Å². The molecule has 1 N–H and O–H groups in total. The fraction of sp³-hybridized carbons (Fsp3) is 0.111. The highest BCUT2D eigenvalue weighted by Crippen LogP contribution is 2.18. The highest BCUT2D eigenvalue weighted by Gasteiger charge is 2.23. The van der Waals surface area contributed by atoms with Crippen LogP contribution < -0.4 is 5.32 Å². The first-order chi connectivity index (χ1) is 12.3. The van der Waals surface area contributed by atoms with E-state index in [2.05, 4.69) is 35.2 Å². The lowest BCUT2D eigenvalue weighted by molar-refractivity contribution is 0.624. The van der Waals surface area contributed by atoms with Crippen molar-refractivity contribution in [3.63, 3.8) is 0 Å². The number of hydrogen-bond acceptors (Lipinski definition) is 7. The molecule has 1 atom stereocenters. The van der Waals surface area contributed by atoms with Gasteiger partial charge in [-0.3, -0.25) is 0 Å². The van der Waals surface area contributed by atoms with Crippen LogP contribution in [0.1, 0.15) is 28.9 Å². The van der Waals surface area contributed by atoms with Gasteiger partial charge in [0, 0.05) is 30.4 Å². The first-order valence-corrected chi connectivity index (χ1v) is 7.84. The summed E-state index contributed by atoms with van der Waals surface area (Å²) < 4.78 is 0. The average molecular weight is 329 g/mol. The minimum atomic E-state index is -0.450. The lowest BCUT2D eigenvalue weighted by atomic mass is 10.1. The summed E-state index contributed by atoms with van der Waals surface area (Å²) in [6.07, 6.45) is 6.29. The topological polar surface area (TPSA) is 88.3 Å². The molecule has 0 radical (unpaired) electrons. The van der Waals surface area contributed by atoms with Crippen LogP contribution in [0.4, 0.5) is 0 Å². The monoisotopic (exact) mass is 329 g/mol. The van der Waals surface area contributed by atoms with Gasteiger partial charge < -0.3 is 5.32 Å². The number of nitrogens with one attached hydrogen (secondary N) is 1. The predicted octanol–water partition coefficient (Wildman–Crippen LogP) is 2.07. The molecule has 122 valence electrons. The molecule has 3 aromatic rings. The number of benzene rings is 1. The summed E-state index contributed by atoms with van der Waals surface area (Å²) in [6.45, 7) is 2.04. The summed E-state index contributed by atoms with van der Waals surface area (Å²) in [7, 11) is 0. The van der Waals surface area contributed by atoms with E-state index < -0.39 is 6.17 Å². The van der Waals surface area contributed by atoms with Gasteiger partial charge in [-0.05, 0) is 19.1 Å². The van der Waals surface area contributed by atoms with Crippen LogP contribution >= 0.6 is 0 Å². The van der Waals surface area contributed by atoms with Crippen LogP contribution in [0.5, 0.6) is 0 Å². The molecule has 0 saturated heterocycles. The molecule has 0 aliphatic carbocycles. The SMILES string of the molecule is Cc1ccc(C2=NC(c3ncccn3)NC(c3ncccn3)=N2)cc1. The highest BCUT2D eigenvalue weighted by molar-refractivity contribution is 6.11. The molecule has 4 rings (SSSR count). The Balaban J connectivity index is 1.78. The molecule has 0 saturated carbocycles. The molecule has 7 heteroatoms. The Hall–Kier alpha value is -3.48.